The van der Waals surface area contributed by atoms with Gasteiger partial charge in [0.25, 0.3) is 0 Å². The Labute approximate surface area is 171 Å². The van der Waals surface area contributed by atoms with Gasteiger partial charge in [0.05, 0.1) is 11.4 Å². The van der Waals surface area contributed by atoms with Crippen molar-refractivity contribution >= 4 is 0 Å². The lowest BCUT2D eigenvalue weighted by atomic mass is 10.1. The molecule has 5 aromatic rings. The molecule has 0 aliphatic rings. The number of hydrogen-bond donors (Lipinski definition) is 1. The quantitative estimate of drug-likeness (QED) is 0.358. The molecule has 2 nitrogen and oxygen atoms in total. The zero-order chi connectivity index (χ0) is 19.7. The first-order valence-corrected chi connectivity index (χ1v) is 9.68. The fourth-order valence-electron chi connectivity index (χ4n) is 3.11. The number of hydrogen-bond acceptors (Lipinski definition) is 1. The number of benzene rings is 4. The first-order chi connectivity index (χ1) is 14.4. The molecular weight excluding hydrogens is 352 g/mol. The molecule has 4 aromatic carbocycles. The van der Waals surface area contributed by atoms with E-state index in [4.69, 9.17) is 4.98 Å². The van der Waals surface area contributed by atoms with Crippen molar-refractivity contribution in [3.05, 3.63) is 127 Å². The Morgan fingerprint density at radius 2 is 0.793 bits per heavy atom. The summed E-state index contributed by atoms with van der Waals surface area (Å²) in [7, 11) is 0. The lowest BCUT2D eigenvalue weighted by Crippen LogP contribution is -1.82. The molecule has 1 heterocycles. The summed E-state index contributed by atoms with van der Waals surface area (Å²) in [5.41, 5.74) is 5.38. The van der Waals surface area contributed by atoms with Gasteiger partial charge in [-0.15, -0.1) is 0 Å². The Morgan fingerprint density at radius 1 is 0.414 bits per heavy atom. The molecule has 0 aliphatic heterocycles. The van der Waals surface area contributed by atoms with Crippen LogP contribution in [0.1, 0.15) is 0 Å². The Bertz CT molecular complexity index is 1030. The van der Waals surface area contributed by atoms with Crippen molar-refractivity contribution in [2.75, 3.05) is 0 Å². The zero-order valence-electron chi connectivity index (χ0n) is 16.1. The molecule has 0 radical (unpaired) electrons. The molecule has 0 bridgehead atoms. The molecule has 0 amide bonds. The number of H-pyrrole nitrogens is 1. The van der Waals surface area contributed by atoms with Gasteiger partial charge in [-0.3, -0.25) is 0 Å². The average Bonchev–Trinajstić information content (AvgIpc) is 3.28. The van der Waals surface area contributed by atoms with Crippen molar-refractivity contribution in [3.63, 3.8) is 0 Å². The van der Waals surface area contributed by atoms with Crippen LogP contribution >= 0.6 is 0 Å². The lowest BCUT2D eigenvalue weighted by Gasteiger charge is -2.02. The highest BCUT2D eigenvalue weighted by atomic mass is 14.9. The van der Waals surface area contributed by atoms with Gasteiger partial charge in [0.1, 0.15) is 5.82 Å². The number of imidazole rings is 1. The number of aromatic nitrogens is 2. The molecule has 29 heavy (non-hydrogen) atoms. The van der Waals surface area contributed by atoms with Crippen LogP contribution in [0, 0.1) is 0 Å². The summed E-state index contributed by atoms with van der Waals surface area (Å²) in [6, 6.07) is 42.9. The van der Waals surface area contributed by atoms with Gasteiger partial charge in [-0.25, -0.2) is 4.98 Å². The van der Waals surface area contributed by atoms with Crippen molar-refractivity contribution in [1.82, 2.24) is 9.97 Å². The molecule has 0 aliphatic carbocycles. The van der Waals surface area contributed by atoms with Crippen molar-refractivity contribution in [2.24, 2.45) is 0 Å². The van der Waals surface area contributed by atoms with Gasteiger partial charge in [-0.05, 0) is 0 Å². The average molecular weight is 374 g/mol. The number of aromatic amines is 1. The van der Waals surface area contributed by atoms with E-state index in [0.29, 0.717) is 0 Å². The minimum Gasteiger partial charge on any atom is -0.337 e. The highest BCUT2D eigenvalue weighted by Crippen LogP contribution is 2.32. The van der Waals surface area contributed by atoms with E-state index in [-0.39, 0.29) is 0 Å². The van der Waals surface area contributed by atoms with Crippen LogP contribution in [0.25, 0.3) is 33.9 Å². The standard InChI is InChI=1S/C21H16N2.C6H6/c1-4-10-16(11-5-1)19-20(17-12-6-2-7-13-17)23-21(22-19)18-14-8-3-9-15-18;1-2-4-6-5-3-1/h1-15H,(H,22,23);1-6H. The molecule has 0 saturated heterocycles. The second kappa shape index (κ2) is 9.34. The van der Waals surface area contributed by atoms with Gasteiger partial charge in [0.2, 0.25) is 0 Å². The summed E-state index contributed by atoms with van der Waals surface area (Å²) >= 11 is 0. The van der Waals surface area contributed by atoms with Crippen LogP contribution in [0.15, 0.2) is 127 Å². The van der Waals surface area contributed by atoms with Crippen LogP contribution in [0.5, 0.6) is 0 Å². The van der Waals surface area contributed by atoms with E-state index < -0.39 is 0 Å². The first-order valence-electron chi connectivity index (χ1n) is 9.68. The van der Waals surface area contributed by atoms with Gasteiger partial charge >= 0.3 is 0 Å². The Kier molecular flexibility index (Phi) is 5.94. The summed E-state index contributed by atoms with van der Waals surface area (Å²) < 4.78 is 0. The second-order valence-corrected chi connectivity index (χ2v) is 6.56. The third-order valence-corrected chi connectivity index (χ3v) is 4.53. The zero-order valence-corrected chi connectivity index (χ0v) is 16.1. The lowest BCUT2D eigenvalue weighted by molar-refractivity contribution is 1.31. The molecule has 0 saturated carbocycles. The minimum atomic E-state index is 0.892. The van der Waals surface area contributed by atoms with E-state index in [0.717, 1.165) is 33.9 Å². The maximum Gasteiger partial charge on any atom is 0.138 e. The summed E-state index contributed by atoms with van der Waals surface area (Å²) in [5, 5.41) is 0. The summed E-state index contributed by atoms with van der Waals surface area (Å²) in [4.78, 5) is 8.37. The first kappa shape index (κ1) is 18.5. The van der Waals surface area contributed by atoms with E-state index in [2.05, 4.69) is 41.4 Å². The SMILES string of the molecule is c1ccc(-c2nc(-c3ccccc3)c(-c3ccccc3)[nH]2)cc1.c1ccccc1. The van der Waals surface area contributed by atoms with Crippen LogP contribution < -0.4 is 0 Å². The number of nitrogens with zero attached hydrogens (tertiary/aromatic N) is 1. The van der Waals surface area contributed by atoms with Crippen LogP contribution in [-0.4, -0.2) is 9.97 Å². The fourth-order valence-corrected chi connectivity index (χ4v) is 3.11. The van der Waals surface area contributed by atoms with E-state index in [1.54, 1.807) is 0 Å². The van der Waals surface area contributed by atoms with Crippen molar-refractivity contribution in [2.45, 2.75) is 0 Å². The predicted octanol–water partition coefficient (Wildman–Crippen LogP) is 7.10. The molecular formula is C27H22N2. The van der Waals surface area contributed by atoms with Gasteiger partial charge < -0.3 is 4.98 Å². The summed E-state index contributed by atoms with van der Waals surface area (Å²) in [6.07, 6.45) is 0. The Morgan fingerprint density at radius 3 is 1.28 bits per heavy atom. The number of nitrogens with one attached hydrogen (secondary N) is 1. The fraction of sp³-hybridized carbons (Fsp3) is 0. The van der Waals surface area contributed by atoms with E-state index >= 15 is 0 Å². The monoisotopic (exact) mass is 374 g/mol. The van der Waals surface area contributed by atoms with Crippen molar-refractivity contribution in [1.29, 1.82) is 0 Å². The predicted molar refractivity (Wildman–Crippen MR) is 121 cm³/mol. The third-order valence-electron chi connectivity index (χ3n) is 4.53. The van der Waals surface area contributed by atoms with Gasteiger partial charge in [-0.2, -0.15) is 0 Å². The highest BCUT2D eigenvalue weighted by molar-refractivity contribution is 5.81. The molecule has 0 unspecified atom stereocenters. The van der Waals surface area contributed by atoms with Crippen LogP contribution in [-0.2, 0) is 0 Å². The maximum atomic E-state index is 4.87. The van der Waals surface area contributed by atoms with Crippen molar-refractivity contribution < 1.29 is 0 Å². The van der Waals surface area contributed by atoms with Crippen LogP contribution in [0.4, 0.5) is 0 Å². The van der Waals surface area contributed by atoms with E-state index in [1.165, 1.54) is 0 Å². The molecule has 1 aromatic heterocycles. The summed E-state index contributed by atoms with van der Waals surface area (Å²) in [6.45, 7) is 0. The normalized spacial score (nSPS) is 10.1. The van der Waals surface area contributed by atoms with Crippen LogP contribution in [0.3, 0.4) is 0 Å². The molecule has 5 rings (SSSR count). The number of rotatable bonds is 3. The van der Waals surface area contributed by atoms with Crippen molar-refractivity contribution in [3.8, 4) is 33.9 Å². The molecule has 0 atom stereocenters. The van der Waals surface area contributed by atoms with Gasteiger partial charge in [0.15, 0.2) is 0 Å². The van der Waals surface area contributed by atoms with E-state index in [1.807, 2.05) is 91.0 Å². The second-order valence-electron chi connectivity index (χ2n) is 6.56. The minimum absolute atomic E-state index is 0.892. The molecule has 1 N–H and O–H groups in total. The molecule has 0 spiro atoms. The van der Waals surface area contributed by atoms with Gasteiger partial charge in [0, 0.05) is 16.7 Å². The largest absolute Gasteiger partial charge is 0.337 e. The van der Waals surface area contributed by atoms with Gasteiger partial charge in [-0.1, -0.05) is 127 Å². The third kappa shape index (κ3) is 4.69. The Hall–Kier alpha value is -3.91. The molecule has 0 fully saturated rings. The smallest absolute Gasteiger partial charge is 0.138 e. The van der Waals surface area contributed by atoms with Crippen LogP contribution in [0.2, 0.25) is 0 Å². The van der Waals surface area contributed by atoms with E-state index in [9.17, 15) is 0 Å². The topological polar surface area (TPSA) is 28.7 Å². The highest BCUT2D eigenvalue weighted by Gasteiger charge is 2.14. The maximum absolute atomic E-state index is 4.87. The summed E-state index contributed by atoms with van der Waals surface area (Å²) in [5.74, 6) is 0.892. The molecule has 140 valence electrons. The Balaban J connectivity index is 0.000000294. The molecule has 2 heteroatoms.